The predicted molar refractivity (Wildman–Crippen MR) is 116 cm³/mol. The van der Waals surface area contributed by atoms with Gasteiger partial charge in [0.25, 0.3) is 11.8 Å². The number of fused-ring (bicyclic) bond motifs is 2. The Kier molecular flexibility index (Phi) is 4.55. The van der Waals surface area contributed by atoms with Crippen molar-refractivity contribution >= 4 is 29.1 Å². The first-order valence-electron chi connectivity index (χ1n) is 10.4. The fraction of sp³-hybridized carbons (Fsp3) is 0.391. The number of aliphatic hydroxyl groups is 1. The first kappa shape index (κ1) is 20.3. The van der Waals surface area contributed by atoms with Crippen LogP contribution >= 0.6 is 11.6 Å². The third-order valence-electron chi connectivity index (χ3n) is 7.14. The Hall–Kier alpha value is -2.61. The average molecular weight is 443 g/mol. The molecule has 2 amide bonds. The van der Waals surface area contributed by atoms with Crippen LogP contribution in [-0.2, 0) is 21.5 Å². The normalized spacial score (nSPS) is 31.0. The molecule has 8 heteroatoms. The maximum Gasteiger partial charge on any atom is 0.295 e. The molecule has 0 radical (unpaired) electrons. The van der Waals surface area contributed by atoms with Gasteiger partial charge in [-0.15, -0.1) is 0 Å². The smallest absolute Gasteiger partial charge is 0.295 e. The highest BCUT2D eigenvalue weighted by molar-refractivity contribution is 6.31. The maximum atomic E-state index is 14.0. The predicted octanol–water partition coefficient (Wildman–Crippen LogP) is 1.80. The maximum absolute atomic E-state index is 14.0. The lowest BCUT2D eigenvalue weighted by atomic mass is 9.78. The van der Waals surface area contributed by atoms with Crippen LogP contribution in [0, 0.1) is 0 Å². The molecule has 3 aliphatic heterocycles. The molecule has 162 valence electrons. The van der Waals surface area contributed by atoms with Gasteiger partial charge in [-0.05, 0) is 29.8 Å². The molecule has 1 fully saturated rings. The van der Waals surface area contributed by atoms with Gasteiger partial charge >= 0.3 is 0 Å². The summed E-state index contributed by atoms with van der Waals surface area (Å²) in [6.45, 7) is 0.777. The molecule has 2 aromatic carbocycles. The van der Waals surface area contributed by atoms with Crippen LogP contribution in [-0.4, -0.2) is 60.8 Å². The lowest BCUT2D eigenvalue weighted by Gasteiger charge is -2.48. The molecule has 0 aliphatic carbocycles. The van der Waals surface area contributed by atoms with E-state index in [9.17, 15) is 14.7 Å². The molecule has 3 aliphatic rings. The zero-order valence-corrected chi connectivity index (χ0v) is 18.2. The van der Waals surface area contributed by atoms with E-state index in [1.807, 2.05) is 25.2 Å². The van der Waals surface area contributed by atoms with E-state index in [2.05, 4.69) is 10.6 Å². The van der Waals surface area contributed by atoms with Crippen LogP contribution in [0.5, 0.6) is 5.75 Å². The van der Waals surface area contributed by atoms with E-state index in [1.54, 1.807) is 25.2 Å². The molecule has 1 saturated heterocycles. The Labute approximate surface area is 185 Å². The summed E-state index contributed by atoms with van der Waals surface area (Å²) in [5, 5.41) is 16.9. The van der Waals surface area contributed by atoms with Crippen molar-refractivity contribution in [1.29, 1.82) is 0 Å². The molecule has 31 heavy (non-hydrogen) atoms. The second kappa shape index (κ2) is 6.95. The van der Waals surface area contributed by atoms with Gasteiger partial charge in [0.1, 0.15) is 18.4 Å². The SMILES string of the molecule is CNC(=O)[C@@H]1C[C@@H](O)C[N+]1(C)C1(c2cccc3c2OCC3)C(=O)Nc2ccc(Cl)cc21. The van der Waals surface area contributed by atoms with Gasteiger partial charge in [0, 0.05) is 24.9 Å². The summed E-state index contributed by atoms with van der Waals surface area (Å²) >= 11 is 6.40. The number of rotatable bonds is 3. The minimum absolute atomic E-state index is 0.00711. The van der Waals surface area contributed by atoms with Crippen molar-refractivity contribution in [2.45, 2.75) is 30.5 Å². The van der Waals surface area contributed by atoms with Crippen molar-refractivity contribution in [2.75, 3.05) is 32.6 Å². The number of quaternary nitrogens is 1. The van der Waals surface area contributed by atoms with Gasteiger partial charge in [-0.25, -0.2) is 0 Å². The topological polar surface area (TPSA) is 87.7 Å². The van der Waals surface area contributed by atoms with E-state index in [-0.39, 0.29) is 29.3 Å². The highest BCUT2D eigenvalue weighted by atomic mass is 35.5. The van der Waals surface area contributed by atoms with Gasteiger partial charge in [-0.2, -0.15) is 0 Å². The van der Waals surface area contributed by atoms with Gasteiger partial charge in [-0.1, -0.05) is 23.7 Å². The number of nitrogens with one attached hydrogen (secondary N) is 2. The molecule has 3 N–H and O–H groups in total. The summed E-state index contributed by atoms with van der Waals surface area (Å²) in [6, 6.07) is 10.5. The first-order valence-corrected chi connectivity index (χ1v) is 10.8. The van der Waals surface area contributed by atoms with Gasteiger partial charge in [0.2, 0.25) is 5.54 Å². The van der Waals surface area contributed by atoms with Gasteiger partial charge in [0.15, 0.2) is 6.04 Å². The summed E-state index contributed by atoms with van der Waals surface area (Å²) < 4.78 is 6.02. The number of likely N-dealkylation sites (tertiary alicyclic amines) is 1. The highest BCUT2D eigenvalue weighted by Crippen LogP contribution is 2.55. The standard InChI is InChI=1S/C23H24ClN3O4/c1-25-21(29)19-11-15(28)12-27(19,2)23(16-5-3-4-13-8-9-31-20(13)16)17-10-14(24)6-7-18(17)26-22(23)30/h3-7,10,15,19,28H,8-9,11-12H2,1-2H3,(H-,25,26,29,30)/p+1/t15-,19+,23?,27?/m1/s1. The first-order chi connectivity index (χ1) is 14.8. The second-order valence-corrected chi connectivity index (χ2v) is 9.15. The Morgan fingerprint density at radius 1 is 1.32 bits per heavy atom. The number of ether oxygens (including phenoxy) is 1. The van der Waals surface area contributed by atoms with Gasteiger partial charge in [-0.3, -0.25) is 14.1 Å². The minimum atomic E-state index is -1.30. The van der Waals surface area contributed by atoms with Crippen molar-refractivity contribution in [2.24, 2.45) is 0 Å². The Morgan fingerprint density at radius 2 is 2.13 bits per heavy atom. The number of aliphatic hydroxyl groups excluding tert-OH is 1. The number of carbonyl (C=O) groups is 2. The third kappa shape index (κ3) is 2.60. The number of carbonyl (C=O) groups excluding carboxylic acids is 2. The molecule has 3 heterocycles. The van der Waals surface area contributed by atoms with Crippen molar-refractivity contribution in [3.63, 3.8) is 0 Å². The van der Waals surface area contributed by atoms with E-state index in [0.29, 0.717) is 34.2 Å². The van der Waals surface area contributed by atoms with E-state index >= 15 is 0 Å². The van der Waals surface area contributed by atoms with Crippen LogP contribution in [0.15, 0.2) is 36.4 Å². The number of likely N-dealkylation sites (N-methyl/N-ethyl adjacent to an activating group) is 2. The van der Waals surface area contributed by atoms with E-state index in [0.717, 1.165) is 12.0 Å². The fourth-order valence-electron chi connectivity index (χ4n) is 5.84. The second-order valence-electron chi connectivity index (χ2n) is 8.72. The number of hydrogen-bond donors (Lipinski definition) is 3. The Bertz CT molecular complexity index is 1110. The van der Waals surface area contributed by atoms with E-state index in [4.69, 9.17) is 16.3 Å². The van der Waals surface area contributed by atoms with E-state index < -0.39 is 17.7 Å². The van der Waals surface area contributed by atoms with Gasteiger partial charge < -0.3 is 20.5 Å². The van der Waals surface area contributed by atoms with Crippen LogP contribution in [0.2, 0.25) is 5.02 Å². The average Bonchev–Trinajstić information content (AvgIpc) is 3.41. The number of para-hydroxylation sites is 1. The van der Waals surface area contributed by atoms with Crippen molar-refractivity contribution in [1.82, 2.24) is 5.32 Å². The molecular weight excluding hydrogens is 418 g/mol. The van der Waals surface area contributed by atoms with Crippen LogP contribution in [0.4, 0.5) is 5.69 Å². The van der Waals surface area contributed by atoms with Crippen molar-refractivity contribution < 1.29 is 23.9 Å². The zero-order chi connectivity index (χ0) is 22.0. The van der Waals surface area contributed by atoms with Crippen LogP contribution in [0.1, 0.15) is 23.1 Å². The number of benzene rings is 2. The Morgan fingerprint density at radius 3 is 2.90 bits per heavy atom. The van der Waals surface area contributed by atoms with Crippen LogP contribution in [0.25, 0.3) is 0 Å². The minimum Gasteiger partial charge on any atom is -0.492 e. The molecule has 2 unspecified atom stereocenters. The number of nitrogens with zero attached hydrogens (tertiary/aromatic N) is 1. The van der Waals surface area contributed by atoms with E-state index in [1.165, 1.54) is 0 Å². The molecule has 0 bridgehead atoms. The molecule has 7 nitrogen and oxygen atoms in total. The van der Waals surface area contributed by atoms with Crippen LogP contribution < -0.4 is 15.4 Å². The molecule has 0 aromatic heterocycles. The Balaban J connectivity index is 1.87. The molecular formula is C23H25ClN3O4+. The number of anilines is 1. The zero-order valence-electron chi connectivity index (χ0n) is 17.4. The summed E-state index contributed by atoms with van der Waals surface area (Å²) in [7, 11) is 3.45. The summed E-state index contributed by atoms with van der Waals surface area (Å²) in [4.78, 5) is 27.0. The van der Waals surface area contributed by atoms with Crippen molar-refractivity contribution in [3.05, 3.63) is 58.1 Å². The third-order valence-corrected chi connectivity index (χ3v) is 7.38. The molecule has 2 aromatic rings. The lowest BCUT2D eigenvalue weighted by Crippen LogP contribution is -2.68. The molecule has 5 rings (SSSR count). The summed E-state index contributed by atoms with van der Waals surface area (Å²) in [5.74, 6) is 0.219. The lowest BCUT2D eigenvalue weighted by molar-refractivity contribution is -0.953. The van der Waals surface area contributed by atoms with Gasteiger partial charge in [0.05, 0.1) is 30.5 Å². The molecule has 0 spiro atoms. The largest absolute Gasteiger partial charge is 0.492 e. The van der Waals surface area contributed by atoms with Crippen LogP contribution in [0.3, 0.4) is 0 Å². The highest BCUT2D eigenvalue weighted by Gasteiger charge is 2.69. The number of hydrogen-bond acceptors (Lipinski definition) is 4. The monoisotopic (exact) mass is 442 g/mol. The number of amides is 2. The molecule has 4 atom stereocenters. The fourth-order valence-corrected chi connectivity index (χ4v) is 6.01. The number of halogens is 1. The summed E-state index contributed by atoms with van der Waals surface area (Å²) in [5.41, 5.74) is 1.78. The quantitative estimate of drug-likeness (QED) is 0.632. The summed E-state index contributed by atoms with van der Waals surface area (Å²) in [6.07, 6.45) is 0.295. The molecule has 0 saturated carbocycles. The van der Waals surface area contributed by atoms with Crippen molar-refractivity contribution in [3.8, 4) is 5.75 Å².